The van der Waals surface area contributed by atoms with Gasteiger partial charge in [-0.05, 0) is 58.0 Å². The number of carbonyl (C=O) groups excluding carboxylic acids is 2. The molecule has 6 heteroatoms. The fourth-order valence-corrected chi connectivity index (χ4v) is 4.45. The van der Waals surface area contributed by atoms with E-state index < -0.39 is 0 Å². The molecule has 1 aliphatic heterocycles. The van der Waals surface area contributed by atoms with Crippen molar-refractivity contribution in [2.24, 2.45) is 0 Å². The van der Waals surface area contributed by atoms with Gasteiger partial charge in [0, 0.05) is 11.1 Å². The highest BCUT2D eigenvalue weighted by atomic mass is 32.2. The first-order valence-corrected chi connectivity index (χ1v) is 11.3. The van der Waals surface area contributed by atoms with E-state index in [9.17, 15) is 20.0 Å². The van der Waals surface area contributed by atoms with Gasteiger partial charge in [-0.1, -0.05) is 59.7 Å². The lowest BCUT2D eigenvalue weighted by Crippen LogP contribution is -2.27. The van der Waals surface area contributed by atoms with Crippen molar-refractivity contribution in [1.82, 2.24) is 4.90 Å². The number of aromatic hydroxyl groups is 1. The van der Waals surface area contributed by atoms with Crippen LogP contribution >= 0.6 is 11.8 Å². The predicted molar refractivity (Wildman–Crippen MR) is 128 cm³/mol. The first-order chi connectivity index (χ1) is 14.8. The maximum absolute atomic E-state index is 13.0. The van der Waals surface area contributed by atoms with Crippen LogP contribution in [0.2, 0.25) is 0 Å². The fourth-order valence-electron chi connectivity index (χ4n) is 3.61. The number of thioether (sulfide) groups is 1. The van der Waals surface area contributed by atoms with Crippen LogP contribution in [0.1, 0.15) is 69.4 Å². The Morgan fingerprint density at radius 1 is 1.03 bits per heavy atom. The molecular weight excluding hydrogens is 420 g/mol. The van der Waals surface area contributed by atoms with Gasteiger partial charge in [0.25, 0.3) is 11.1 Å². The lowest BCUT2D eigenvalue weighted by atomic mass is 9.78. The van der Waals surface area contributed by atoms with E-state index in [-0.39, 0.29) is 34.3 Å². The minimum atomic E-state index is -0.379. The number of carbonyl (C=O) groups is 2. The molecule has 3 rings (SSSR count). The van der Waals surface area contributed by atoms with Crippen molar-refractivity contribution >= 4 is 29.0 Å². The maximum Gasteiger partial charge on any atom is 0.293 e. The monoisotopic (exact) mass is 448 g/mol. The summed E-state index contributed by atoms with van der Waals surface area (Å²) in [6.07, 6.45) is 1.71. The molecule has 0 atom stereocenters. The Hall–Kier alpha value is -3.04. The number of nitriles is 1. The van der Waals surface area contributed by atoms with Crippen LogP contribution in [0.25, 0.3) is 6.08 Å². The number of hydrogen-bond acceptors (Lipinski definition) is 5. The van der Waals surface area contributed by atoms with Crippen molar-refractivity contribution in [3.63, 3.8) is 0 Å². The molecule has 1 heterocycles. The fraction of sp³-hybridized carbons (Fsp3) is 0.346. The number of benzene rings is 2. The molecule has 0 aromatic heterocycles. The van der Waals surface area contributed by atoms with Gasteiger partial charge in [0.1, 0.15) is 5.75 Å². The zero-order valence-electron chi connectivity index (χ0n) is 19.3. The van der Waals surface area contributed by atoms with Crippen LogP contribution in [-0.4, -0.2) is 21.2 Å². The van der Waals surface area contributed by atoms with E-state index in [4.69, 9.17) is 0 Å². The summed E-state index contributed by atoms with van der Waals surface area (Å²) in [5.74, 6) is -0.112. The minimum absolute atomic E-state index is 0.0573. The third-order valence-corrected chi connectivity index (χ3v) is 6.29. The van der Waals surface area contributed by atoms with Gasteiger partial charge in [-0.2, -0.15) is 5.26 Å². The molecule has 0 saturated carbocycles. The second-order valence-corrected chi connectivity index (χ2v) is 11.0. The highest BCUT2D eigenvalue weighted by Crippen LogP contribution is 2.41. The van der Waals surface area contributed by atoms with Gasteiger partial charge < -0.3 is 5.11 Å². The van der Waals surface area contributed by atoms with Crippen LogP contribution in [-0.2, 0) is 22.2 Å². The maximum atomic E-state index is 13.0. The van der Waals surface area contributed by atoms with E-state index in [1.165, 1.54) is 4.90 Å². The van der Waals surface area contributed by atoms with Gasteiger partial charge in [-0.3, -0.25) is 14.5 Å². The van der Waals surface area contributed by atoms with E-state index in [0.29, 0.717) is 16.0 Å². The molecule has 32 heavy (non-hydrogen) atoms. The minimum Gasteiger partial charge on any atom is -0.507 e. The Morgan fingerprint density at radius 2 is 1.59 bits per heavy atom. The van der Waals surface area contributed by atoms with E-state index in [1.807, 2.05) is 53.7 Å². The summed E-state index contributed by atoms with van der Waals surface area (Å²) in [7, 11) is 0. The summed E-state index contributed by atoms with van der Waals surface area (Å²) in [6, 6.07) is 12.8. The number of rotatable bonds is 3. The van der Waals surface area contributed by atoms with Crippen molar-refractivity contribution in [3.8, 4) is 11.8 Å². The normalized spacial score (nSPS) is 16.0. The van der Waals surface area contributed by atoms with Crippen LogP contribution in [0.4, 0.5) is 4.79 Å². The van der Waals surface area contributed by atoms with Crippen LogP contribution in [0, 0.1) is 11.3 Å². The molecule has 166 valence electrons. The van der Waals surface area contributed by atoms with Gasteiger partial charge in [0.2, 0.25) is 0 Å². The lowest BCUT2D eigenvalue weighted by molar-refractivity contribution is -0.123. The number of hydrogen-bond donors (Lipinski definition) is 1. The molecule has 0 unspecified atom stereocenters. The van der Waals surface area contributed by atoms with Gasteiger partial charge >= 0.3 is 0 Å². The Kier molecular flexibility index (Phi) is 6.26. The van der Waals surface area contributed by atoms with Gasteiger partial charge in [0.05, 0.1) is 23.1 Å². The summed E-state index contributed by atoms with van der Waals surface area (Å²) < 4.78 is 0. The molecule has 5 nitrogen and oxygen atoms in total. The topological polar surface area (TPSA) is 81.4 Å². The van der Waals surface area contributed by atoms with Crippen molar-refractivity contribution in [2.45, 2.75) is 58.9 Å². The Labute approximate surface area is 193 Å². The Morgan fingerprint density at radius 3 is 2.12 bits per heavy atom. The molecule has 1 fully saturated rings. The molecule has 2 aromatic carbocycles. The van der Waals surface area contributed by atoms with Crippen molar-refractivity contribution in [1.29, 1.82) is 5.26 Å². The number of amides is 2. The largest absolute Gasteiger partial charge is 0.507 e. The molecule has 0 spiro atoms. The summed E-state index contributed by atoms with van der Waals surface area (Å²) in [4.78, 5) is 27.1. The number of phenolic OH excluding ortho intramolecular Hbond substituents is 1. The number of phenols is 1. The number of imide groups is 1. The third kappa shape index (κ3) is 4.73. The van der Waals surface area contributed by atoms with E-state index in [1.54, 1.807) is 30.3 Å². The average molecular weight is 449 g/mol. The van der Waals surface area contributed by atoms with Crippen LogP contribution in [0.3, 0.4) is 0 Å². The summed E-state index contributed by atoms with van der Waals surface area (Å²) in [6.45, 7) is 12.2. The SMILES string of the molecule is CC(C)(C)c1cc(/C=C2/SC(=O)N(Cc3ccccc3C#N)C2=O)cc(C(C)(C)C)c1O. The van der Waals surface area contributed by atoms with E-state index in [2.05, 4.69) is 6.07 Å². The van der Waals surface area contributed by atoms with Crippen molar-refractivity contribution in [3.05, 3.63) is 69.1 Å². The van der Waals surface area contributed by atoms with Crippen molar-refractivity contribution < 1.29 is 14.7 Å². The van der Waals surface area contributed by atoms with Gasteiger partial charge in [0.15, 0.2) is 0 Å². The van der Waals surface area contributed by atoms with Gasteiger partial charge in [-0.15, -0.1) is 0 Å². The Bertz CT molecular complexity index is 1130. The van der Waals surface area contributed by atoms with Gasteiger partial charge in [-0.25, -0.2) is 0 Å². The lowest BCUT2D eigenvalue weighted by Gasteiger charge is -2.28. The predicted octanol–water partition coefficient (Wildman–Crippen LogP) is 6.10. The number of nitrogens with zero attached hydrogens (tertiary/aromatic N) is 2. The molecule has 1 saturated heterocycles. The molecule has 1 aliphatic rings. The first-order valence-electron chi connectivity index (χ1n) is 10.4. The highest BCUT2D eigenvalue weighted by Gasteiger charge is 2.36. The molecule has 2 aromatic rings. The van der Waals surface area contributed by atoms with Crippen LogP contribution < -0.4 is 0 Å². The second-order valence-electron chi connectivity index (χ2n) is 10.0. The molecule has 0 bridgehead atoms. The third-order valence-electron chi connectivity index (χ3n) is 5.39. The first kappa shape index (κ1) is 23.6. The van der Waals surface area contributed by atoms with Crippen LogP contribution in [0.15, 0.2) is 41.3 Å². The molecule has 0 radical (unpaired) electrons. The molecule has 2 amide bonds. The van der Waals surface area contributed by atoms with Crippen molar-refractivity contribution in [2.75, 3.05) is 0 Å². The quantitative estimate of drug-likeness (QED) is 0.574. The Balaban J connectivity index is 2.01. The highest BCUT2D eigenvalue weighted by molar-refractivity contribution is 8.18. The van der Waals surface area contributed by atoms with E-state index >= 15 is 0 Å². The standard InChI is InChI=1S/C26H28N2O3S/c1-25(2,3)19-11-16(12-20(22(19)29)26(4,5)6)13-21-23(30)28(24(31)32-21)15-18-10-8-7-9-17(18)14-27/h7-13,29H,15H2,1-6H3/b21-13+. The summed E-state index contributed by atoms with van der Waals surface area (Å²) in [5.41, 5.74) is 2.83. The average Bonchev–Trinajstić information content (AvgIpc) is 2.95. The van der Waals surface area contributed by atoms with E-state index in [0.717, 1.165) is 28.5 Å². The zero-order chi connectivity index (χ0) is 23.8. The molecule has 0 aliphatic carbocycles. The molecule has 1 N–H and O–H groups in total. The van der Waals surface area contributed by atoms with Crippen LogP contribution in [0.5, 0.6) is 5.75 Å². The summed E-state index contributed by atoms with van der Waals surface area (Å²) in [5, 5.41) is 19.9. The summed E-state index contributed by atoms with van der Waals surface area (Å²) >= 11 is 0.893. The second kappa shape index (κ2) is 8.48. The molecular formula is C26H28N2O3S. The smallest absolute Gasteiger partial charge is 0.293 e. The zero-order valence-corrected chi connectivity index (χ0v) is 20.1.